The van der Waals surface area contributed by atoms with E-state index in [4.69, 9.17) is 11.0 Å². The van der Waals surface area contributed by atoms with E-state index in [-0.39, 0.29) is 5.75 Å². The Labute approximate surface area is 93.4 Å². The van der Waals surface area contributed by atoms with Crippen molar-refractivity contribution in [3.05, 3.63) is 48.0 Å². The van der Waals surface area contributed by atoms with E-state index in [1.165, 1.54) is 0 Å². The zero-order valence-corrected chi connectivity index (χ0v) is 8.51. The summed E-state index contributed by atoms with van der Waals surface area (Å²) in [6.45, 7) is 0. The molecule has 0 aliphatic heterocycles. The van der Waals surface area contributed by atoms with Gasteiger partial charge in [0.05, 0.1) is 17.3 Å². The molecular formula is C13H10N2O. The van der Waals surface area contributed by atoms with Crippen molar-refractivity contribution in [2.24, 2.45) is 0 Å². The van der Waals surface area contributed by atoms with Crippen LogP contribution >= 0.6 is 0 Å². The van der Waals surface area contributed by atoms with Crippen LogP contribution in [0.25, 0.3) is 11.1 Å². The Morgan fingerprint density at radius 2 is 1.81 bits per heavy atom. The van der Waals surface area contributed by atoms with Gasteiger partial charge in [-0.25, -0.2) is 0 Å². The second kappa shape index (κ2) is 3.95. The predicted octanol–water partition coefficient (Wildman–Crippen LogP) is 2.51. The van der Waals surface area contributed by atoms with Gasteiger partial charge in [0.1, 0.15) is 5.75 Å². The number of phenolic OH excluding ortho intramolecular Hbond substituents is 1. The number of phenols is 1. The molecule has 0 saturated carbocycles. The Kier molecular flexibility index (Phi) is 2.49. The van der Waals surface area contributed by atoms with Crippen LogP contribution in [0.5, 0.6) is 5.75 Å². The smallest absolute Gasteiger partial charge is 0.139 e. The maximum absolute atomic E-state index is 9.50. The molecule has 0 aliphatic carbocycles. The molecule has 2 aromatic rings. The average molecular weight is 210 g/mol. The van der Waals surface area contributed by atoms with Gasteiger partial charge in [-0.05, 0) is 35.4 Å². The first-order valence-electron chi connectivity index (χ1n) is 4.80. The minimum absolute atomic E-state index is 0.0554. The third-order valence-corrected chi connectivity index (χ3v) is 2.36. The molecule has 78 valence electrons. The van der Waals surface area contributed by atoms with Gasteiger partial charge in [-0.1, -0.05) is 18.2 Å². The van der Waals surface area contributed by atoms with E-state index in [9.17, 15) is 5.11 Å². The minimum Gasteiger partial charge on any atom is -0.506 e. The summed E-state index contributed by atoms with van der Waals surface area (Å²) < 4.78 is 0. The van der Waals surface area contributed by atoms with Crippen LogP contribution in [-0.2, 0) is 0 Å². The van der Waals surface area contributed by atoms with Gasteiger partial charge in [-0.2, -0.15) is 5.26 Å². The number of nitriles is 1. The maximum Gasteiger partial charge on any atom is 0.139 e. The number of benzene rings is 2. The second-order valence-corrected chi connectivity index (χ2v) is 3.47. The first-order chi connectivity index (χ1) is 7.70. The number of nitrogens with zero attached hydrogens (tertiary/aromatic N) is 1. The average Bonchev–Trinajstić information content (AvgIpc) is 2.33. The van der Waals surface area contributed by atoms with Gasteiger partial charge in [0.2, 0.25) is 0 Å². The van der Waals surface area contributed by atoms with E-state index in [0.29, 0.717) is 11.3 Å². The molecule has 3 heteroatoms. The fraction of sp³-hybridized carbons (Fsp3) is 0. The number of rotatable bonds is 1. The topological polar surface area (TPSA) is 70.0 Å². The summed E-state index contributed by atoms with van der Waals surface area (Å²) in [6.07, 6.45) is 0. The summed E-state index contributed by atoms with van der Waals surface area (Å²) in [6, 6.07) is 14.3. The lowest BCUT2D eigenvalue weighted by Crippen LogP contribution is -1.86. The Morgan fingerprint density at radius 1 is 1.06 bits per heavy atom. The van der Waals surface area contributed by atoms with Crippen LogP contribution in [0.15, 0.2) is 42.5 Å². The quantitative estimate of drug-likeness (QED) is 0.561. The zero-order valence-electron chi connectivity index (χ0n) is 8.51. The van der Waals surface area contributed by atoms with Gasteiger partial charge in [0, 0.05) is 0 Å². The van der Waals surface area contributed by atoms with Gasteiger partial charge in [-0.15, -0.1) is 0 Å². The van der Waals surface area contributed by atoms with Gasteiger partial charge in [0.15, 0.2) is 0 Å². The van der Waals surface area contributed by atoms with E-state index >= 15 is 0 Å². The van der Waals surface area contributed by atoms with Crippen LogP contribution < -0.4 is 5.73 Å². The number of anilines is 1. The van der Waals surface area contributed by atoms with Gasteiger partial charge in [0.25, 0.3) is 0 Å². The second-order valence-electron chi connectivity index (χ2n) is 3.47. The summed E-state index contributed by atoms with van der Waals surface area (Å²) in [7, 11) is 0. The third kappa shape index (κ3) is 1.82. The van der Waals surface area contributed by atoms with Gasteiger partial charge in [-0.3, -0.25) is 0 Å². The zero-order chi connectivity index (χ0) is 11.5. The molecule has 0 atom stereocenters. The number of hydrogen-bond donors (Lipinski definition) is 2. The minimum atomic E-state index is 0.0554. The number of hydrogen-bond acceptors (Lipinski definition) is 3. The standard InChI is InChI=1S/C13H10N2O/c14-8-9-2-1-3-10(6-9)11-4-5-12(15)13(16)7-11/h1-7,16H,15H2. The predicted molar refractivity (Wildman–Crippen MR) is 62.7 cm³/mol. The maximum atomic E-state index is 9.50. The fourth-order valence-electron chi connectivity index (χ4n) is 1.49. The van der Waals surface area contributed by atoms with Crippen LogP contribution in [0, 0.1) is 11.3 Å². The molecule has 0 radical (unpaired) electrons. The molecule has 16 heavy (non-hydrogen) atoms. The normalized spacial score (nSPS) is 9.69. The molecule has 0 bridgehead atoms. The summed E-state index contributed by atoms with van der Waals surface area (Å²) in [5.74, 6) is 0.0554. The molecule has 0 unspecified atom stereocenters. The lowest BCUT2D eigenvalue weighted by molar-refractivity contribution is 0.478. The summed E-state index contributed by atoms with van der Waals surface area (Å²) in [5, 5.41) is 18.3. The first kappa shape index (κ1) is 10.1. The molecule has 3 nitrogen and oxygen atoms in total. The Hall–Kier alpha value is -2.47. The van der Waals surface area contributed by atoms with Crippen molar-refractivity contribution in [3.8, 4) is 22.9 Å². The van der Waals surface area contributed by atoms with Crippen LogP contribution in [0.4, 0.5) is 5.69 Å². The molecule has 3 N–H and O–H groups in total. The Bertz CT molecular complexity index is 570. The molecule has 0 aromatic heterocycles. The van der Waals surface area contributed by atoms with Crippen LogP contribution in [0.1, 0.15) is 5.56 Å². The molecule has 0 heterocycles. The lowest BCUT2D eigenvalue weighted by atomic mass is 10.0. The summed E-state index contributed by atoms with van der Waals surface area (Å²) >= 11 is 0. The van der Waals surface area contributed by atoms with Crippen molar-refractivity contribution in [1.82, 2.24) is 0 Å². The van der Waals surface area contributed by atoms with E-state index in [0.717, 1.165) is 11.1 Å². The monoisotopic (exact) mass is 210 g/mol. The van der Waals surface area contributed by atoms with Gasteiger partial charge >= 0.3 is 0 Å². The molecule has 0 spiro atoms. The van der Waals surface area contributed by atoms with Crippen LogP contribution in [0.2, 0.25) is 0 Å². The van der Waals surface area contributed by atoms with E-state index in [1.54, 1.807) is 30.3 Å². The molecule has 0 aliphatic rings. The van der Waals surface area contributed by atoms with Crippen molar-refractivity contribution in [1.29, 1.82) is 5.26 Å². The Balaban J connectivity index is 2.51. The summed E-state index contributed by atoms with van der Waals surface area (Å²) in [4.78, 5) is 0. The highest BCUT2D eigenvalue weighted by molar-refractivity contribution is 5.70. The highest BCUT2D eigenvalue weighted by atomic mass is 16.3. The first-order valence-corrected chi connectivity index (χ1v) is 4.80. The van der Waals surface area contributed by atoms with E-state index < -0.39 is 0 Å². The fourth-order valence-corrected chi connectivity index (χ4v) is 1.49. The number of nitrogen functional groups attached to an aromatic ring is 1. The molecule has 0 saturated heterocycles. The van der Waals surface area contributed by atoms with Crippen LogP contribution in [-0.4, -0.2) is 5.11 Å². The van der Waals surface area contributed by atoms with E-state index in [1.807, 2.05) is 12.1 Å². The SMILES string of the molecule is N#Cc1cccc(-c2ccc(N)c(O)c2)c1. The van der Waals surface area contributed by atoms with Crippen LogP contribution in [0.3, 0.4) is 0 Å². The summed E-state index contributed by atoms with van der Waals surface area (Å²) in [5.41, 5.74) is 8.18. The van der Waals surface area contributed by atoms with Crippen molar-refractivity contribution in [3.63, 3.8) is 0 Å². The number of nitrogens with two attached hydrogens (primary N) is 1. The van der Waals surface area contributed by atoms with E-state index in [2.05, 4.69) is 6.07 Å². The molecule has 2 aromatic carbocycles. The van der Waals surface area contributed by atoms with Gasteiger partial charge < -0.3 is 10.8 Å². The Morgan fingerprint density at radius 3 is 2.50 bits per heavy atom. The van der Waals surface area contributed by atoms with Crippen molar-refractivity contribution >= 4 is 5.69 Å². The molecule has 0 fully saturated rings. The van der Waals surface area contributed by atoms with Crippen molar-refractivity contribution < 1.29 is 5.11 Å². The highest BCUT2D eigenvalue weighted by Crippen LogP contribution is 2.28. The number of aromatic hydroxyl groups is 1. The molecular weight excluding hydrogens is 200 g/mol. The van der Waals surface area contributed by atoms with Crippen molar-refractivity contribution in [2.45, 2.75) is 0 Å². The van der Waals surface area contributed by atoms with Crippen molar-refractivity contribution in [2.75, 3.05) is 5.73 Å². The molecule has 2 rings (SSSR count). The third-order valence-electron chi connectivity index (χ3n) is 2.36. The molecule has 0 amide bonds. The lowest BCUT2D eigenvalue weighted by Gasteiger charge is -2.04. The highest BCUT2D eigenvalue weighted by Gasteiger charge is 2.02. The largest absolute Gasteiger partial charge is 0.506 e.